The fourth-order valence-electron chi connectivity index (χ4n) is 1.73. The highest BCUT2D eigenvalue weighted by Crippen LogP contribution is 2.31. The van der Waals surface area contributed by atoms with Gasteiger partial charge in [0.15, 0.2) is 0 Å². The normalized spacial score (nSPS) is 11.1. The van der Waals surface area contributed by atoms with E-state index < -0.39 is 5.97 Å². The van der Waals surface area contributed by atoms with Crippen LogP contribution in [0.2, 0.25) is 5.15 Å². The minimum Gasteiger partial charge on any atom is -0.462 e. The number of halogens is 1. The molecule has 1 N–H and O–H groups in total. The molecule has 0 radical (unpaired) electrons. The van der Waals surface area contributed by atoms with E-state index in [1.54, 1.807) is 12.3 Å². The van der Waals surface area contributed by atoms with Crippen LogP contribution in [0, 0.1) is 0 Å². The molecule has 0 atom stereocenters. The summed E-state index contributed by atoms with van der Waals surface area (Å²) in [6.07, 6.45) is 0. The largest absolute Gasteiger partial charge is 0.462 e. The molecule has 0 saturated heterocycles. The maximum absolute atomic E-state index is 11.9. The van der Waals surface area contributed by atoms with Crippen LogP contribution in [0.1, 0.15) is 17.3 Å². The number of hydrogen-bond acceptors (Lipinski definition) is 7. The minimum atomic E-state index is -0.400. The van der Waals surface area contributed by atoms with Gasteiger partial charge in [0.2, 0.25) is 5.95 Å². The van der Waals surface area contributed by atoms with Gasteiger partial charge in [-0.25, -0.2) is 14.8 Å². The molecule has 21 heavy (non-hydrogen) atoms. The molecule has 2 aromatic rings. The molecule has 0 bridgehead atoms. The first-order chi connectivity index (χ1) is 10.0. The third kappa shape index (κ3) is 3.81. The number of nitrogens with one attached hydrogen (secondary N) is 1. The fraction of sp³-hybridized carbons (Fsp3) is 0.462. The highest BCUT2D eigenvalue weighted by Gasteiger charge is 2.18. The molecule has 0 amide bonds. The van der Waals surface area contributed by atoms with Crippen LogP contribution in [0.25, 0.3) is 10.2 Å². The molecule has 0 aliphatic carbocycles. The highest BCUT2D eigenvalue weighted by molar-refractivity contribution is 7.17. The summed E-state index contributed by atoms with van der Waals surface area (Å²) in [5.74, 6) is 0.0641. The second-order valence-corrected chi connectivity index (χ2v) is 5.83. The summed E-state index contributed by atoms with van der Waals surface area (Å²) in [5.41, 5.74) is 0.418. The lowest BCUT2D eigenvalue weighted by molar-refractivity contribution is 0.0529. The Hall–Kier alpha value is -1.44. The summed E-state index contributed by atoms with van der Waals surface area (Å²) in [6.45, 7) is 3.65. The summed E-state index contributed by atoms with van der Waals surface area (Å²) in [7, 11) is 3.98. The number of hydrogen-bond donors (Lipinski definition) is 1. The van der Waals surface area contributed by atoms with E-state index in [1.165, 1.54) is 11.3 Å². The molecule has 6 nitrogen and oxygen atoms in total. The average Bonchev–Trinajstić information content (AvgIpc) is 2.83. The van der Waals surface area contributed by atoms with Crippen LogP contribution >= 0.6 is 22.9 Å². The number of likely N-dealkylation sites (N-methyl/N-ethyl adjacent to an activating group) is 1. The molecular weight excluding hydrogens is 312 g/mol. The topological polar surface area (TPSA) is 67.3 Å². The molecule has 2 heterocycles. The number of fused-ring (bicyclic) bond motifs is 1. The zero-order valence-corrected chi connectivity index (χ0v) is 13.7. The van der Waals surface area contributed by atoms with Crippen molar-refractivity contribution in [3.8, 4) is 0 Å². The van der Waals surface area contributed by atoms with E-state index in [2.05, 4.69) is 20.2 Å². The third-order valence-electron chi connectivity index (χ3n) is 2.73. The van der Waals surface area contributed by atoms with Crippen LogP contribution in [0.15, 0.2) is 5.38 Å². The van der Waals surface area contributed by atoms with Gasteiger partial charge in [-0.3, -0.25) is 0 Å². The number of esters is 1. The molecule has 0 aliphatic rings. The van der Waals surface area contributed by atoms with Crippen LogP contribution in [0.3, 0.4) is 0 Å². The van der Waals surface area contributed by atoms with Gasteiger partial charge in [-0.1, -0.05) is 11.6 Å². The van der Waals surface area contributed by atoms with Gasteiger partial charge in [-0.05, 0) is 21.0 Å². The maximum atomic E-state index is 11.9. The quantitative estimate of drug-likeness (QED) is 0.649. The van der Waals surface area contributed by atoms with E-state index in [-0.39, 0.29) is 5.15 Å². The number of anilines is 1. The van der Waals surface area contributed by atoms with Crippen LogP contribution in [0.5, 0.6) is 0 Å². The van der Waals surface area contributed by atoms with Crippen molar-refractivity contribution >= 4 is 45.1 Å². The molecule has 0 aliphatic heterocycles. The molecular formula is C13H17ClN4O2S. The smallest absolute Gasteiger partial charge is 0.339 e. The van der Waals surface area contributed by atoms with Gasteiger partial charge in [-0.15, -0.1) is 11.3 Å². The Morgan fingerprint density at radius 1 is 1.48 bits per heavy atom. The van der Waals surface area contributed by atoms with Gasteiger partial charge in [0.1, 0.15) is 9.98 Å². The summed E-state index contributed by atoms with van der Waals surface area (Å²) in [5, 5.41) is 5.63. The Bertz CT molecular complexity index is 644. The van der Waals surface area contributed by atoms with Crippen LogP contribution in [-0.4, -0.2) is 54.6 Å². The summed E-state index contributed by atoms with van der Waals surface area (Å²) < 4.78 is 5.00. The van der Waals surface area contributed by atoms with E-state index in [0.717, 1.165) is 6.54 Å². The molecule has 0 aromatic carbocycles. The summed E-state index contributed by atoms with van der Waals surface area (Å²) >= 11 is 7.54. The van der Waals surface area contributed by atoms with Crippen molar-refractivity contribution in [1.29, 1.82) is 0 Å². The van der Waals surface area contributed by atoms with Gasteiger partial charge in [0.25, 0.3) is 0 Å². The van der Waals surface area contributed by atoms with Crippen molar-refractivity contribution in [1.82, 2.24) is 14.9 Å². The van der Waals surface area contributed by atoms with Crippen molar-refractivity contribution in [2.24, 2.45) is 0 Å². The Labute approximate surface area is 132 Å². The van der Waals surface area contributed by atoms with Crippen LogP contribution in [-0.2, 0) is 4.74 Å². The number of nitrogens with zero attached hydrogens (tertiary/aromatic N) is 3. The molecule has 0 saturated carbocycles. The van der Waals surface area contributed by atoms with E-state index in [4.69, 9.17) is 16.3 Å². The first-order valence-electron chi connectivity index (χ1n) is 6.53. The van der Waals surface area contributed by atoms with Gasteiger partial charge >= 0.3 is 5.97 Å². The number of carbonyl (C=O) groups is 1. The molecule has 2 aromatic heterocycles. The minimum absolute atomic E-state index is 0.261. The standard InChI is InChI=1S/C13H17ClN4O2S/c1-4-20-12(19)8-7-21-11-9(8)10(14)16-13(17-11)15-5-6-18(2)3/h7H,4-6H2,1-3H3,(H,15,16,17). The van der Waals surface area contributed by atoms with Crippen LogP contribution in [0.4, 0.5) is 5.95 Å². The zero-order chi connectivity index (χ0) is 15.4. The first-order valence-corrected chi connectivity index (χ1v) is 7.79. The monoisotopic (exact) mass is 328 g/mol. The van der Waals surface area contributed by atoms with Crippen molar-refractivity contribution in [2.75, 3.05) is 39.1 Å². The average molecular weight is 329 g/mol. The predicted octanol–water partition coefficient (Wildman–Crippen LogP) is 2.49. The number of carbonyl (C=O) groups excluding carboxylic acids is 1. The lowest BCUT2D eigenvalue weighted by Gasteiger charge is -2.10. The number of thiophene rings is 1. The lowest BCUT2D eigenvalue weighted by atomic mass is 10.2. The Morgan fingerprint density at radius 3 is 2.90 bits per heavy atom. The fourth-order valence-corrected chi connectivity index (χ4v) is 2.96. The highest BCUT2D eigenvalue weighted by atomic mass is 35.5. The first kappa shape index (κ1) is 15.9. The Kier molecular flexibility index (Phi) is 5.33. The summed E-state index contributed by atoms with van der Waals surface area (Å²) in [4.78, 5) is 23.2. The van der Waals surface area contributed by atoms with Gasteiger partial charge in [0, 0.05) is 18.5 Å². The number of aromatic nitrogens is 2. The molecule has 0 fully saturated rings. The number of rotatable bonds is 6. The van der Waals surface area contributed by atoms with E-state index >= 15 is 0 Å². The van der Waals surface area contributed by atoms with Crippen molar-refractivity contribution in [2.45, 2.75) is 6.92 Å². The molecule has 0 unspecified atom stereocenters. The van der Waals surface area contributed by atoms with E-state index in [9.17, 15) is 4.79 Å². The third-order valence-corrected chi connectivity index (χ3v) is 3.87. The van der Waals surface area contributed by atoms with Crippen molar-refractivity contribution in [3.63, 3.8) is 0 Å². The SMILES string of the molecule is CCOC(=O)c1csc2nc(NCCN(C)C)nc(Cl)c12. The second-order valence-electron chi connectivity index (χ2n) is 4.62. The Morgan fingerprint density at radius 2 is 2.24 bits per heavy atom. The lowest BCUT2D eigenvalue weighted by Crippen LogP contribution is -2.21. The second kappa shape index (κ2) is 7.02. The van der Waals surface area contributed by atoms with Crippen LogP contribution < -0.4 is 5.32 Å². The zero-order valence-electron chi connectivity index (χ0n) is 12.1. The van der Waals surface area contributed by atoms with Gasteiger partial charge < -0.3 is 15.0 Å². The van der Waals surface area contributed by atoms with E-state index in [0.29, 0.717) is 34.9 Å². The molecule has 0 spiro atoms. The van der Waals surface area contributed by atoms with Gasteiger partial charge in [-0.2, -0.15) is 0 Å². The molecule has 8 heteroatoms. The van der Waals surface area contributed by atoms with Crippen molar-refractivity contribution < 1.29 is 9.53 Å². The molecule has 114 valence electrons. The maximum Gasteiger partial charge on any atom is 0.339 e. The molecule has 2 rings (SSSR count). The summed E-state index contributed by atoms with van der Waals surface area (Å²) in [6, 6.07) is 0. The van der Waals surface area contributed by atoms with Gasteiger partial charge in [0.05, 0.1) is 17.6 Å². The Balaban J connectivity index is 2.25. The van der Waals surface area contributed by atoms with Crippen molar-refractivity contribution in [3.05, 3.63) is 16.1 Å². The number of ether oxygens (including phenoxy) is 1. The predicted molar refractivity (Wildman–Crippen MR) is 85.4 cm³/mol. The van der Waals surface area contributed by atoms with E-state index in [1.807, 2.05) is 14.1 Å².